The molecule has 0 saturated carbocycles. The van der Waals surface area contributed by atoms with E-state index in [1.165, 1.54) is 12.1 Å². The fourth-order valence-corrected chi connectivity index (χ4v) is 1.86. The number of primary sulfonamides is 1. The molecule has 4 N–H and O–H groups in total. The second-order valence-electron chi connectivity index (χ2n) is 4.01. The third-order valence-electron chi connectivity index (χ3n) is 2.42. The second-order valence-corrected chi connectivity index (χ2v) is 5.57. The lowest BCUT2D eigenvalue weighted by Gasteiger charge is -2.24. The molecule has 0 fully saturated rings. The van der Waals surface area contributed by atoms with Crippen LogP contribution in [0.15, 0.2) is 23.1 Å². The molecule has 6 heteroatoms. The maximum absolute atomic E-state index is 11.2. The number of nitrogen functional groups attached to an aromatic ring is 1. The van der Waals surface area contributed by atoms with E-state index in [4.69, 9.17) is 10.9 Å². The van der Waals surface area contributed by atoms with Crippen LogP contribution >= 0.6 is 0 Å². The fourth-order valence-electron chi connectivity index (χ4n) is 1.27. The monoisotopic (exact) mass is 243 g/mol. The zero-order chi connectivity index (χ0) is 12.5. The van der Waals surface area contributed by atoms with E-state index in [0.29, 0.717) is 5.69 Å². The van der Waals surface area contributed by atoms with Crippen molar-refractivity contribution in [1.82, 2.24) is 0 Å². The molecule has 0 unspecified atom stereocenters. The third-order valence-corrected chi connectivity index (χ3v) is 3.32. The van der Waals surface area contributed by atoms with Crippen molar-refractivity contribution in [3.8, 4) is 0 Å². The minimum absolute atomic E-state index is 0.0370. The third kappa shape index (κ3) is 2.86. The molecule has 1 rings (SSSR count). The Bertz CT molecular complexity index is 483. The van der Waals surface area contributed by atoms with Gasteiger partial charge in [-0.05, 0) is 32.0 Å². The first-order valence-corrected chi connectivity index (χ1v) is 6.42. The molecule has 0 aliphatic rings. The van der Waals surface area contributed by atoms with E-state index < -0.39 is 10.0 Å². The first kappa shape index (κ1) is 12.8. The Labute approximate surface area is 96.1 Å². The van der Waals surface area contributed by atoms with Gasteiger partial charge in [-0.3, -0.25) is 0 Å². The highest BCUT2D eigenvalue weighted by atomic mass is 32.2. The number of nitrogens with two attached hydrogens (primary N) is 2. The number of benzene rings is 1. The molecule has 1 aromatic rings. The molecular weight excluding hydrogens is 226 g/mol. The summed E-state index contributed by atoms with van der Waals surface area (Å²) in [6.07, 6.45) is 0. The quantitative estimate of drug-likeness (QED) is 0.767. The van der Waals surface area contributed by atoms with Gasteiger partial charge in [0.1, 0.15) is 0 Å². The minimum Gasteiger partial charge on any atom is -0.399 e. The summed E-state index contributed by atoms with van der Waals surface area (Å²) < 4.78 is 22.5. The second kappa shape index (κ2) is 4.31. The molecule has 1 aromatic carbocycles. The fraction of sp³-hybridized carbons (Fsp3) is 0.400. The average Bonchev–Trinajstić information content (AvgIpc) is 2.14. The summed E-state index contributed by atoms with van der Waals surface area (Å²) in [4.78, 5) is 1.96. The van der Waals surface area contributed by atoms with Gasteiger partial charge < -0.3 is 10.6 Å². The highest BCUT2D eigenvalue weighted by Crippen LogP contribution is 2.23. The molecule has 0 aromatic heterocycles. The van der Waals surface area contributed by atoms with Crippen LogP contribution in [0, 0.1) is 0 Å². The van der Waals surface area contributed by atoms with E-state index in [2.05, 4.69) is 0 Å². The summed E-state index contributed by atoms with van der Waals surface area (Å²) >= 11 is 0. The van der Waals surface area contributed by atoms with Crippen molar-refractivity contribution < 1.29 is 8.42 Å². The van der Waals surface area contributed by atoms with Gasteiger partial charge in [0, 0.05) is 24.5 Å². The number of anilines is 2. The van der Waals surface area contributed by atoms with E-state index in [0.717, 1.165) is 5.69 Å². The smallest absolute Gasteiger partial charge is 0.238 e. The summed E-state index contributed by atoms with van der Waals surface area (Å²) in [6, 6.07) is 4.84. The standard InChI is InChI=1S/C10H17N3O2S/c1-7(2)13(3)9-4-8(11)5-10(6-9)16(12,14)15/h4-7H,11H2,1-3H3,(H2,12,14,15). The topological polar surface area (TPSA) is 89.4 Å². The van der Waals surface area contributed by atoms with Crippen LogP contribution in [0.2, 0.25) is 0 Å². The Morgan fingerprint density at radius 3 is 2.25 bits per heavy atom. The van der Waals surface area contributed by atoms with Gasteiger partial charge in [-0.1, -0.05) is 0 Å². The number of nitrogens with zero attached hydrogens (tertiary/aromatic N) is 1. The van der Waals surface area contributed by atoms with Crippen molar-refractivity contribution in [2.75, 3.05) is 17.7 Å². The molecule has 90 valence electrons. The van der Waals surface area contributed by atoms with E-state index in [9.17, 15) is 8.42 Å². The highest BCUT2D eigenvalue weighted by molar-refractivity contribution is 7.89. The zero-order valence-corrected chi connectivity index (χ0v) is 10.5. The van der Waals surface area contributed by atoms with Crippen LogP contribution in [0.1, 0.15) is 13.8 Å². The highest BCUT2D eigenvalue weighted by Gasteiger charge is 2.13. The Hall–Kier alpha value is -1.27. The normalized spacial score (nSPS) is 11.8. The number of hydrogen-bond acceptors (Lipinski definition) is 4. The summed E-state index contributed by atoms with van der Waals surface area (Å²) in [5.41, 5.74) is 6.77. The summed E-state index contributed by atoms with van der Waals surface area (Å²) in [5.74, 6) is 0. The average molecular weight is 243 g/mol. The molecule has 0 bridgehead atoms. The Balaban J connectivity index is 3.29. The molecule has 16 heavy (non-hydrogen) atoms. The molecule has 5 nitrogen and oxygen atoms in total. The van der Waals surface area contributed by atoms with Crippen molar-refractivity contribution in [1.29, 1.82) is 0 Å². The Morgan fingerprint density at radius 1 is 1.25 bits per heavy atom. The van der Waals surface area contributed by atoms with Crippen LogP contribution in [0.5, 0.6) is 0 Å². The van der Waals surface area contributed by atoms with Gasteiger partial charge in [-0.2, -0.15) is 0 Å². The van der Waals surface area contributed by atoms with Crippen molar-refractivity contribution in [3.05, 3.63) is 18.2 Å². The molecule has 0 heterocycles. The molecular formula is C10H17N3O2S. The summed E-state index contributed by atoms with van der Waals surface area (Å²) in [7, 11) is -1.85. The largest absolute Gasteiger partial charge is 0.399 e. The van der Waals surface area contributed by atoms with E-state index in [-0.39, 0.29) is 10.9 Å². The van der Waals surface area contributed by atoms with Crippen LogP contribution in [-0.2, 0) is 10.0 Å². The van der Waals surface area contributed by atoms with Crippen molar-refractivity contribution in [3.63, 3.8) is 0 Å². The predicted octanol–water partition coefficient (Wildman–Crippen LogP) is 0.761. The first-order chi connectivity index (χ1) is 7.21. The molecule has 0 saturated heterocycles. The molecule has 0 atom stereocenters. The van der Waals surface area contributed by atoms with Crippen LogP contribution < -0.4 is 15.8 Å². The molecule has 0 aliphatic heterocycles. The molecule has 0 amide bonds. The van der Waals surface area contributed by atoms with Crippen LogP contribution in [0.25, 0.3) is 0 Å². The van der Waals surface area contributed by atoms with Gasteiger partial charge in [-0.25, -0.2) is 13.6 Å². The van der Waals surface area contributed by atoms with Crippen LogP contribution in [0.4, 0.5) is 11.4 Å². The lowest BCUT2D eigenvalue weighted by molar-refractivity contribution is 0.597. The number of rotatable bonds is 3. The van der Waals surface area contributed by atoms with Crippen LogP contribution in [-0.4, -0.2) is 21.5 Å². The number of hydrogen-bond donors (Lipinski definition) is 2. The SMILES string of the molecule is CC(C)N(C)c1cc(N)cc(S(N)(=O)=O)c1. The maximum atomic E-state index is 11.2. The minimum atomic E-state index is -3.71. The van der Waals surface area contributed by atoms with Crippen molar-refractivity contribution >= 4 is 21.4 Å². The van der Waals surface area contributed by atoms with Crippen molar-refractivity contribution in [2.24, 2.45) is 5.14 Å². The Kier molecular flexibility index (Phi) is 3.44. The Morgan fingerprint density at radius 2 is 1.81 bits per heavy atom. The van der Waals surface area contributed by atoms with Crippen molar-refractivity contribution in [2.45, 2.75) is 24.8 Å². The van der Waals surface area contributed by atoms with Gasteiger partial charge in [-0.15, -0.1) is 0 Å². The summed E-state index contributed by atoms with van der Waals surface area (Å²) in [6.45, 7) is 4.00. The lowest BCUT2D eigenvalue weighted by Crippen LogP contribution is -2.26. The summed E-state index contributed by atoms with van der Waals surface area (Å²) in [5, 5.41) is 5.07. The van der Waals surface area contributed by atoms with Gasteiger partial charge >= 0.3 is 0 Å². The maximum Gasteiger partial charge on any atom is 0.238 e. The van der Waals surface area contributed by atoms with Gasteiger partial charge in [0.25, 0.3) is 0 Å². The van der Waals surface area contributed by atoms with Gasteiger partial charge in [0.2, 0.25) is 10.0 Å². The predicted molar refractivity (Wildman–Crippen MR) is 65.8 cm³/mol. The van der Waals surface area contributed by atoms with E-state index in [1.807, 2.05) is 25.8 Å². The molecule has 0 spiro atoms. The van der Waals surface area contributed by atoms with E-state index >= 15 is 0 Å². The number of sulfonamides is 1. The molecule has 0 aliphatic carbocycles. The molecule has 0 radical (unpaired) electrons. The van der Waals surface area contributed by atoms with Gasteiger partial charge in [0.15, 0.2) is 0 Å². The van der Waals surface area contributed by atoms with E-state index in [1.54, 1.807) is 6.07 Å². The van der Waals surface area contributed by atoms with Gasteiger partial charge in [0.05, 0.1) is 4.90 Å². The first-order valence-electron chi connectivity index (χ1n) is 4.88. The van der Waals surface area contributed by atoms with Crippen LogP contribution in [0.3, 0.4) is 0 Å². The lowest BCUT2D eigenvalue weighted by atomic mass is 10.2. The zero-order valence-electron chi connectivity index (χ0n) is 9.64.